The van der Waals surface area contributed by atoms with E-state index in [1.807, 2.05) is 48.5 Å². The second-order valence-electron chi connectivity index (χ2n) is 6.31. The summed E-state index contributed by atoms with van der Waals surface area (Å²) in [4.78, 5) is 18.9. The molecule has 1 aliphatic heterocycles. The number of aliphatic hydroxyl groups is 1. The van der Waals surface area contributed by atoms with Crippen molar-refractivity contribution in [2.45, 2.75) is 6.61 Å². The summed E-state index contributed by atoms with van der Waals surface area (Å²) >= 11 is 0. The largest absolute Gasteiger partial charge is 0.457 e. The van der Waals surface area contributed by atoms with Crippen molar-refractivity contribution < 1.29 is 19.4 Å². The molecule has 2 aromatic carbocycles. The molecule has 1 fully saturated rings. The van der Waals surface area contributed by atoms with Gasteiger partial charge in [0.05, 0.1) is 19.8 Å². The molecular formula is C21H20N2O4. The van der Waals surface area contributed by atoms with Crippen molar-refractivity contribution in [3.63, 3.8) is 0 Å². The summed E-state index contributed by atoms with van der Waals surface area (Å²) in [5, 5.41) is 11.5. The Morgan fingerprint density at radius 2 is 1.89 bits per heavy atom. The average Bonchev–Trinajstić information content (AvgIpc) is 2.73. The highest BCUT2D eigenvalue weighted by atomic mass is 16.5. The summed E-state index contributed by atoms with van der Waals surface area (Å²) in [6.45, 7) is 1.86. The van der Waals surface area contributed by atoms with Crippen molar-refractivity contribution in [3.05, 3.63) is 66.0 Å². The van der Waals surface area contributed by atoms with Gasteiger partial charge in [-0.15, -0.1) is 0 Å². The van der Waals surface area contributed by atoms with Crippen LogP contribution in [0.15, 0.2) is 54.7 Å². The van der Waals surface area contributed by atoms with E-state index < -0.39 is 0 Å². The van der Waals surface area contributed by atoms with Gasteiger partial charge in [-0.1, -0.05) is 24.3 Å². The molecule has 0 radical (unpaired) electrons. The summed E-state index contributed by atoms with van der Waals surface area (Å²) in [7, 11) is 0. The highest BCUT2D eigenvalue weighted by Crippen LogP contribution is 2.28. The van der Waals surface area contributed by atoms with Crippen molar-refractivity contribution in [3.8, 4) is 11.5 Å². The van der Waals surface area contributed by atoms with Crippen molar-refractivity contribution in [2.75, 3.05) is 26.3 Å². The molecule has 0 unspecified atom stereocenters. The standard InChI is InChI=1S/C21H20N2O4/c24-14-19-18-7-6-17(27-16-4-2-1-3-5-16)12-15(18)13-22-20(19)21(25)23-8-10-26-11-9-23/h1-7,12-13,24H,8-11,14H2. The highest BCUT2D eigenvalue weighted by Gasteiger charge is 2.23. The van der Waals surface area contributed by atoms with Crippen LogP contribution in [0.2, 0.25) is 0 Å². The Bertz CT molecular complexity index is 953. The highest BCUT2D eigenvalue weighted by molar-refractivity contribution is 5.99. The lowest BCUT2D eigenvalue weighted by molar-refractivity contribution is 0.0297. The molecule has 0 bridgehead atoms. The first kappa shape index (κ1) is 17.5. The zero-order chi connectivity index (χ0) is 18.6. The lowest BCUT2D eigenvalue weighted by Crippen LogP contribution is -2.41. The maximum absolute atomic E-state index is 12.8. The van der Waals surface area contributed by atoms with E-state index in [0.29, 0.717) is 43.3 Å². The first-order valence-corrected chi connectivity index (χ1v) is 8.88. The van der Waals surface area contributed by atoms with Gasteiger partial charge in [-0.05, 0) is 29.7 Å². The third kappa shape index (κ3) is 3.63. The van der Waals surface area contributed by atoms with E-state index in [0.717, 1.165) is 16.5 Å². The van der Waals surface area contributed by atoms with Crippen molar-refractivity contribution in [1.82, 2.24) is 9.88 Å². The van der Waals surface area contributed by atoms with Crippen molar-refractivity contribution >= 4 is 16.7 Å². The minimum atomic E-state index is -0.255. The van der Waals surface area contributed by atoms with Crippen LogP contribution in [0, 0.1) is 0 Å². The van der Waals surface area contributed by atoms with Gasteiger partial charge in [0.15, 0.2) is 0 Å². The van der Waals surface area contributed by atoms with Crippen LogP contribution in [0.25, 0.3) is 10.8 Å². The number of nitrogens with zero attached hydrogens (tertiary/aromatic N) is 2. The molecule has 6 nitrogen and oxygen atoms in total. The Balaban J connectivity index is 1.67. The first-order valence-electron chi connectivity index (χ1n) is 8.88. The lowest BCUT2D eigenvalue weighted by Gasteiger charge is -2.27. The number of fused-ring (bicyclic) bond motifs is 1. The number of carbonyl (C=O) groups is 1. The molecule has 0 spiro atoms. The maximum Gasteiger partial charge on any atom is 0.273 e. The molecule has 2 heterocycles. The second kappa shape index (κ2) is 7.73. The smallest absolute Gasteiger partial charge is 0.273 e. The third-order valence-electron chi connectivity index (χ3n) is 4.60. The molecule has 1 saturated heterocycles. The zero-order valence-electron chi connectivity index (χ0n) is 14.8. The van der Waals surface area contributed by atoms with Crippen LogP contribution in [0.3, 0.4) is 0 Å². The molecule has 138 valence electrons. The molecule has 1 N–H and O–H groups in total. The molecule has 0 atom stereocenters. The number of benzene rings is 2. The predicted octanol–water partition coefficient (Wildman–Crippen LogP) is 2.99. The van der Waals surface area contributed by atoms with Gasteiger partial charge in [0.2, 0.25) is 0 Å². The predicted molar refractivity (Wildman–Crippen MR) is 101 cm³/mol. The van der Waals surface area contributed by atoms with Crippen LogP contribution in [-0.2, 0) is 11.3 Å². The number of pyridine rings is 1. The van der Waals surface area contributed by atoms with Gasteiger partial charge < -0.3 is 19.5 Å². The van der Waals surface area contributed by atoms with Gasteiger partial charge >= 0.3 is 0 Å². The fourth-order valence-electron chi connectivity index (χ4n) is 3.21. The fraction of sp³-hybridized carbons (Fsp3) is 0.238. The SMILES string of the molecule is O=C(c1ncc2cc(Oc3ccccc3)ccc2c1CO)N1CCOCC1. The quantitative estimate of drug-likeness (QED) is 0.771. The monoisotopic (exact) mass is 364 g/mol. The Hall–Kier alpha value is -2.96. The van der Waals surface area contributed by atoms with Gasteiger partial charge in [0.25, 0.3) is 5.91 Å². The number of aromatic nitrogens is 1. The summed E-state index contributed by atoms with van der Waals surface area (Å²) < 4.78 is 11.2. The Morgan fingerprint density at radius 1 is 1.11 bits per heavy atom. The summed E-state index contributed by atoms with van der Waals surface area (Å²) in [6, 6.07) is 15.1. The number of ether oxygens (including phenoxy) is 2. The van der Waals surface area contributed by atoms with Crippen LogP contribution in [0.5, 0.6) is 11.5 Å². The minimum absolute atomic E-state index is 0.172. The number of carbonyl (C=O) groups excluding carboxylic acids is 1. The summed E-state index contributed by atoms with van der Waals surface area (Å²) in [6.07, 6.45) is 1.65. The third-order valence-corrected chi connectivity index (χ3v) is 4.60. The topological polar surface area (TPSA) is 71.9 Å². The molecular weight excluding hydrogens is 344 g/mol. The van der Waals surface area contributed by atoms with Crippen LogP contribution >= 0.6 is 0 Å². The number of hydrogen-bond donors (Lipinski definition) is 1. The van der Waals surface area contributed by atoms with Gasteiger partial charge in [-0.2, -0.15) is 0 Å². The fourth-order valence-corrected chi connectivity index (χ4v) is 3.21. The van der Waals surface area contributed by atoms with Crippen molar-refractivity contribution in [1.29, 1.82) is 0 Å². The molecule has 1 aromatic heterocycles. The number of para-hydroxylation sites is 1. The van der Waals surface area contributed by atoms with Gasteiger partial charge in [-0.3, -0.25) is 9.78 Å². The molecule has 4 rings (SSSR count). The number of amides is 1. The van der Waals surface area contributed by atoms with E-state index in [4.69, 9.17) is 9.47 Å². The lowest BCUT2D eigenvalue weighted by atomic mass is 10.0. The van der Waals surface area contributed by atoms with Gasteiger partial charge in [0, 0.05) is 30.2 Å². The summed E-state index contributed by atoms with van der Waals surface area (Å²) in [5.41, 5.74) is 0.832. The number of hydrogen-bond acceptors (Lipinski definition) is 5. The molecule has 27 heavy (non-hydrogen) atoms. The molecule has 0 aliphatic carbocycles. The van der Waals surface area contributed by atoms with Crippen LogP contribution in [0.1, 0.15) is 16.1 Å². The Labute approximate surface area is 157 Å². The van der Waals surface area contributed by atoms with Crippen LogP contribution in [-0.4, -0.2) is 47.2 Å². The van der Waals surface area contributed by atoms with Gasteiger partial charge in [0.1, 0.15) is 17.2 Å². The van der Waals surface area contributed by atoms with E-state index in [2.05, 4.69) is 4.98 Å². The Morgan fingerprint density at radius 3 is 2.63 bits per heavy atom. The number of rotatable bonds is 4. The second-order valence-corrected chi connectivity index (χ2v) is 6.31. The van der Waals surface area contributed by atoms with E-state index >= 15 is 0 Å². The number of morpholine rings is 1. The molecule has 0 saturated carbocycles. The van der Waals surface area contributed by atoms with Gasteiger partial charge in [-0.25, -0.2) is 0 Å². The number of aliphatic hydroxyl groups excluding tert-OH is 1. The van der Waals surface area contributed by atoms with Crippen molar-refractivity contribution in [2.24, 2.45) is 0 Å². The Kier molecular flexibility index (Phi) is 5.00. The van der Waals surface area contributed by atoms with E-state index in [9.17, 15) is 9.90 Å². The average molecular weight is 364 g/mol. The normalized spacial score (nSPS) is 14.3. The maximum atomic E-state index is 12.8. The molecule has 3 aromatic rings. The zero-order valence-corrected chi connectivity index (χ0v) is 14.8. The minimum Gasteiger partial charge on any atom is -0.457 e. The molecule has 1 amide bonds. The van der Waals surface area contributed by atoms with E-state index in [1.165, 1.54) is 0 Å². The van der Waals surface area contributed by atoms with E-state index in [1.54, 1.807) is 11.1 Å². The van der Waals surface area contributed by atoms with Crippen LogP contribution in [0.4, 0.5) is 0 Å². The van der Waals surface area contributed by atoms with E-state index in [-0.39, 0.29) is 12.5 Å². The molecule has 6 heteroatoms. The summed E-state index contributed by atoms with van der Waals surface area (Å²) in [5.74, 6) is 1.24. The van der Waals surface area contributed by atoms with Crippen LogP contribution < -0.4 is 4.74 Å². The first-order chi connectivity index (χ1) is 13.3. The molecule has 1 aliphatic rings.